The first-order valence-corrected chi connectivity index (χ1v) is 12.2. The molecular formula is C21H13ClN4O2S3. The Labute approximate surface area is 193 Å². The zero-order chi connectivity index (χ0) is 21.4. The number of para-hydroxylation sites is 1. The lowest BCUT2D eigenvalue weighted by atomic mass is 10.3. The lowest BCUT2D eigenvalue weighted by Crippen LogP contribution is -2.22. The van der Waals surface area contributed by atoms with Gasteiger partial charge >= 0.3 is 0 Å². The molecule has 154 valence electrons. The quantitative estimate of drug-likeness (QED) is 0.265. The maximum Gasteiger partial charge on any atom is 0.276 e. The van der Waals surface area contributed by atoms with Gasteiger partial charge in [-0.15, -0.1) is 11.3 Å². The zero-order valence-corrected chi connectivity index (χ0v) is 18.9. The first kappa shape index (κ1) is 20.2. The smallest absolute Gasteiger partial charge is 0.276 e. The van der Waals surface area contributed by atoms with Crippen molar-refractivity contribution in [2.24, 2.45) is 0 Å². The fraction of sp³-hybridized carbons (Fsp3) is 0.0476. The first-order chi connectivity index (χ1) is 15.1. The Balaban J connectivity index is 1.43. The minimum Gasteiger partial charge on any atom is -0.301 e. The van der Waals surface area contributed by atoms with E-state index in [2.05, 4.69) is 15.3 Å². The summed E-state index contributed by atoms with van der Waals surface area (Å²) < 4.78 is 3.06. The number of benzene rings is 2. The van der Waals surface area contributed by atoms with Crippen LogP contribution in [0.2, 0.25) is 5.02 Å². The van der Waals surface area contributed by atoms with E-state index in [9.17, 15) is 9.59 Å². The van der Waals surface area contributed by atoms with Crippen molar-refractivity contribution in [3.8, 4) is 5.69 Å². The van der Waals surface area contributed by atoms with Gasteiger partial charge in [0.1, 0.15) is 4.70 Å². The second-order valence-corrected chi connectivity index (χ2v) is 9.80. The lowest BCUT2D eigenvalue weighted by Gasteiger charge is -2.12. The van der Waals surface area contributed by atoms with Crippen LogP contribution < -0.4 is 10.9 Å². The van der Waals surface area contributed by atoms with E-state index in [4.69, 9.17) is 11.6 Å². The topological polar surface area (TPSA) is 76.9 Å². The summed E-state index contributed by atoms with van der Waals surface area (Å²) in [7, 11) is 0. The minimum absolute atomic E-state index is 0.0819. The largest absolute Gasteiger partial charge is 0.301 e. The predicted molar refractivity (Wildman–Crippen MR) is 129 cm³/mol. The van der Waals surface area contributed by atoms with E-state index in [-0.39, 0.29) is 17.2 Å². The second-order valence-electron chi connectivity index (χ2n) is 6.47. The van der Waals surface area contributed by atoms with Crippen molar-refractivity contribution < 1.29 is 4.79 Å². The van der Waals surface area contributed by atoms with Crippen LogP contribution in [0.4, 0.5) is 5.13 Å². The van der Waals surface area contributed by atoms with Crippen LogP contribution in [0.5, 0.6) is 0 Å². The van der Waals surface area contributed by atoms with Crippen LogP contribution in [0.1, 0.15) is 0 Å². The highest BCUT2D eigenvalue weighted by Gasteiger charge is 2.16. The highest BCUT2D eigenvalue weighted by molar-refractivity contribution is 7.99. The molecular weight excluding hydrogens is 472 g/mol. The number of rotatable bonds is 5. The number of nitrogens with one attached hydrogen (secondary N) is 1. The monoisotopic (exact) mass is 484 g/mol. The van der Waals surface area contributed by atoms with Gasteiger partial charge in [0.2, 0.25) is 5.91 Å². The standard InChI is InChI=1S/C21H13ClN4O2S3/c22-12-4-3-5-13(10-12)26-19(28)18-15(8-9-29-18)24-21(26)30-11-17(27)25-20-23-14-6-1-2-7-16(14)31-20/h1-10H,11H2,(H,23,25,27). The molecule has 0 fully saturated rings. The molecule has 0 bridgehead atoms. The van der Waals surface area contributed by atoms with Crippen molar-refractivity contribution in [3.63, 3.8) is 0 Å². The number of halogens is 1. The number of aromatic nitrogens is 3. The number of hydrogen-bond acceptors (Lipinski definition) is 7. The Morgan fingerprint density at radius 2 is 1.97 bits per heavy atom. The number of nitrogens with zero attached hydrogens (tertiary/aromatic N) is 3. The van der Waals surface area contributed by atoms with Gasteiger partial charge in [-0.2, -0.15) is 0 Å². The molecule has 0 atom stereocenters. The number of thiazole rings is 1. The molecule has 31 heavy (non-hydrogen) atoms. The predicted octanol–water partition coefficient (Wildman–Crippen LogP) is 5.44. The van der Waals surface area contributed by atoms with Gasteiger partial charge in [-0.3, -0.25) is 14.2 Å². The molecule has 2 aromatic carbocycles. The molecule has 5 aromatic rings. The molecule has 0 aliphatic carbocycles. The fourth-order valence-electron chi connectivity index (χ4n) is 3.04. The van der Waals surface area contributed by atoms with Gasteiger partial charge in [-0.05, 0) is 41.8 Å². The second kappa shape index (κ2) is 8.43. The zero-order valence-electron chi connectivity index (χ0n) is 15.7. The highest BCUT2D eigenvalue weighted by atomic mass is 35.5. The maximum atomic E-state index is 13.1. The van der Waals surface area contributed by atoms with Crippen molar-refractivity contribution in [3.05, 3.63) is 75.4 Å². The Bertz CT molecular complexity index is 1460. The van der Waals surface area contributed by atoms with Crippen LogP contribution in [0.25, 0.3) is 26.1 Å². The van der Waals surface area contributed by atoms with E-state index >= 15 is 0 Å². The number of fused-ring (bicyclic) bond motifs is 2. The van der Waals surface area contributed by atoms with E-state index in [1.165, 1.54) is 39.0 Å². The summed E-state index contributed by atoms with van der Waals surface area (Å²) in [6, 6.07) is 16.5. The SMILES string of the molecule is O=C(CSc1nc2ccsc2c(=O)n1-c1cccc(Cl)c1)Nc1nc2ccccc2s1. The van der Waals surface area contributed by atoms with Crippen molar-refractivity contribution in [2.75, 3.05) is 11.1 Å². The Hall–Kier alpha value is -2.72. The van der Waals surface area contributed by atoms with E-state index in [1.807, 2.05) is 29.6 Å². The molecule has 3 aromatic heterocycles. The molecule has 3 heterocycles. The molecule has 1 amide bonds. The molecule has 10 heteroatoms. The summed E-state index contributed by atoms with van der Waals surface area (Å²) in [4.78, 5) is 34.7. The molecule has 0 spiro atoms. The lowest BCUT2D eigenvalue weighted by molar-refractivity contribution is -0.113. The summed E-state index contributed by atoms with van der Waals surface area (Å²) in [6.45, 7) is 0. The number of thiophene rings is 1. The van der Waals surface area contributed by atoms with Gasteiger partial charge in [0.15, 0.2) is 10.3 Å². The van der Waals surface area contributed by atoms with Crippen molar-refractivity contribution in [1.82, 2.24) is 14.5 Å². The molecule has 1 N–H and O–H groups in total. The van der Waals surface area contributed by atoms with Gasteiger partial charge in [0.05, 0.1) is 27.2 Å². The fourth-order valence-corrected chi connectivity index (χ4v) is 5.68. The third-order valence-electron chi connectivity index (χ3n) is 4.39. The van der Waals surface area contributed by atoms with E-state index < -0.39 is 0 Å². The number of hydrogen-bond donors (Lipinski definition) is 1. The average molecular weight is 485 g/mol. The molecule has 6 nitrogen and oxygen atoms in total. The van der Waals surface area contributed by atoms with Crippen LogP contribution in [0.3, 0.4) is 0 Å². The number of carbonyl (C=O) groups excluding carboxylic acids is 1. The summed E-state index contributed by atoms with van der Waals surface area (Å²) in [5.74, 6) is -0.139. The van der Waals surface area contributed by atoms with E-state index in [0.717, 1.165) is 10.2 Å². The first-order valence-electron chi connectivity index (χ1n) is 9.13. The maximum absolute atomic E-state index is 13.1. The Morgan fingerprint density at radius 1 is 1.10 bits per heavy atom. The molecule has 5 rings (SSSR count). The minimum atomic E-state index is -0.221. The number of anilines is 1. The van der Waals surface area contributed by atoms with Crippen LogP contribution in [0.15, 0.2) is 69.9 Å². The van der Waals surface area contributed by atoms with Gasteiger partial charge in [0.25, 0.3) is 5.56 Å². The molecule has 0 saturated heterocycles. The van der Waals surface area contributed by atoms with Crippen LogP contribution >= 0.6 is 46.0 Å². The number of carbonyl (C=O) groups is 1. The van der Waals surface area contributed by atoms with Gasteiger partial charge in [0, 0.05) is 5.02 Å². The number of thioether (sulfide) groups is 1. The van der Waals surface area contributed by atoms with Crippen LogP contribution in [-0.4, -0.2) is 26.2 Å². The summed E-state index contributed by atoms with van der Waals surface area (Å²) in [5, 5.41) is 6.14. The highest BCUT2D eigenvalue weighted by Crippen LogP contribution is 2.27. The Kier molecular flexibility index (Phi) is 5.49. The molecule has 0 unspecified atom stereocenters. The van der Waals surface area contributed by atoms with Gasteiger partial charge in [-0.25, -0.2) is 9.97 Å². The molecule has 0 aliphatic rings. The van der Waals surface area contributed by atoms with Crippen molar-refractivity contribution >= 4 is 77.5 Å². The van der Waals surface area contributed by atoms with Crippen molar-refractivity contribution in [2.45, 2.75) is 5.16 Å². The van der Waals surface area contributed by atoms with E-state index in [1.54, 1.807) is 30.3 Å². The van der Waals surface area contributed by atoms with Gasteiger partial charge in [-0.1, -0.05) is 52.9 Å². The van der Waals surface area contributed by atoms with Crippen molar-refractivity contribution in [1.29, 1.82) is 0 Å². The molecule has 0 saturated carbocycles. The van der Waals surface area contributed by atoms with Crippen LogP contribution in [0, 0.1) is 0 Å². The third kappa shape index (κ3) is 4.09. The normalized spacial score (nSPS) is 11.3. The third-order valence-corrected chi connectivity index (χ3v) is 7.41. The number of amides is 1. The molecule has 0 aliphatic heterocycles. The van der Waals surface area contributed by atoms with Gasteiger partial charge < -0.3 is 5.32 Å². The summed E-state index contributed by atoms with van der Waals surface area (Å²) in [6.07, 6.45) is 0. The summed E-state index contributed by atoms with van der Waals surface area (Å²) >= 11 is 10.1. The Morgan fingerprint density at radius 3 is 2.81 bits per heavy atom. The molecule has 0 radical (unpaired) electrons. The van der Waals surface area contributed by atoms with E-state index in [0.29, 0.717) is 31.2 Å². The summed E-state index contributed by atoms with van der Waals surface area (Å²) in [5.41, 5.74) is 1.88. The average Bonchev–Trinajstić information content (AvgIpc) is 3.38. The van der Waals surface area contributed by atoms with Crippen LogP contribution in [-0.2, 0) is 4.79 Å².